The molecule has 8 heteroatoms. The number of ketones is 2. The van der Waals surface area contributed by atoms with Crippen molar-refractivity contribution >= 4 is 11.6 Å². The maximum absolute atomic E-state index is 13.4. The number of rotatable bonds is 15. The number of benzene rings is 2. The van der Waals surface area contributed by atoms with Gasteiger partial charge in [0, 0.05) is 62.2 Å². The quantitative estimate of drug-likeness (QED) is 0.220. The van der Waals surface area contributed by atoms with Crippen molar-refractivity contribution in [2.45, 2.75) is 38.5 Å². The fraction of sp³-hybridized carbons (Fsp3) is 0.562. The highest BCUT2D eigenvalue weighted by atomic mass is 19.1. The van der Waals surface area contributed by atoms with Crippen LogP contribution in [0.4, 0.5) is 8.78 Å². The van der Waals surface area contributed by atoms with E-state index in [1.807, 2.05) is 0 Å². The van der Waals surface area contributed by atoms with E-state index in [2.05, 4.69) is 9.80 Å². The molecule has 2 heterocycles. The predicted octanol–water partition coefficient (Wildman–Crippen LogP) is 5.27. The Morgan fingerprint density at radius 1 is 0.600 bits per heavy atom. The first kappa shape index (κ1) is 30.4. The number of morpholine rings is 2. The molecule has 4 rings (SSSR count). The van der Waals surface area contributed by atoms with Crippen molar-refractivity contribution in [1.82, 2.24) is 9.80 Å². The minimum atomic E-state index is -0.342. The molecule has 2 saturated heterocycles. The maximum atomic E-state index is 13.4. The average molecular weight is 557 g/mol. The molecule has 0 bridgehead atoms. The molecule has 2 aliphatic heterocycles. The number of ether oxygens (including phenoxy) is 2. The molecular formula is C32H42F2N2O4. The topological polar surface area (TPSA) is 59.1 Å². The van der Waals surface area contributed by atoms with E-state index in [4.69, 9.17) is 9.47 Å². The van der Waals surface area contributed by atoms with E-state index in [1.54, 1.807) is 24.3 Å². The lowest BCUT2D eigenvalue weighted by Gasteiger charge is -2.30. The summed E-state index contributed by atoms with van der Waals surface area (Å²) in [6, 6.07) is 11.7. The number of nitrogens with zero attached hydrogens (tertiary/aromatic N) is 2. The molecule has 0 aliphatic carbocycles. The molecule has 0 aromatic heterocycles. The van der Waals surface area contributed by atoms with E-state index < -0.39 is 0 Å². The average Bonchev–Trinajstić information content (AvgIpc) is 2.99. The van der Waals surface area contributed by atoms with Crippen molar-refractivity contribution in [2.24, 2.45) is 11.8 Å². The van der Waals surface area contributed by atoms with Crippen molar-refractivity contribution in [3.63, 3.8) is 0 Å². The Morgan fingerprint density at radius 3 is 1.30 bits per heavy atom. The van der Waals surface area contributed by atoms with Gasteiger partial charge >= 0.3 is 0 Å². The highest BCUT2D eigenvalue weighted by Gasteiger charge is 2.25. The summed E-state index contributed by atoms with van der Waals surface area (Å²) in [4.78, 5) is 31.2. The van der Waals surface area contributed by atoms with Crippen LogP contribution in [0.15, 0.2) is 48.5 Å². The monoisotopic (exact) mass is 556 g/mol. The van der Waals surface area contributed by atoms with Gasteiger partial charge in [-0.3, -0.25) is 19.4 Å². The molecule has 218 valence electrons. The van der Waals surface area contributed by atoms with E-state index in [9.17, 15) is 18.4 Å². The van der Waals surface area contributed by atoms with Gasteiger partial charge in [-0.15, -0.1) is 0 Å². The normalized spacial score (nSPS) is 18.4. The van der Waals surface area contributed by atoms with Gasteiger partial charge in [0.25, 0.3) is 0 Å². The second-order valence-electron chi connectivity index (χ2n) is 11.0. The number of carbonyl (C=O) groups excluding carboxylic acids is 2. The first-order chi connectivity index (χ1) is 19.5. The molecule has 0 amide bonds. The van der Waals surface area contributed by atoms with Gasteiger partial charge in [0.2, 0.25) is 0 Å². The zero-order valence-electron chi connectivity index (χ0n) is 23.4. The number of unbranched alkanes of at least 4 members (excludes halogenated alkanes) is 3. The molecule has 2 aromatic carbocycles. The van der Waals surface area contributed by atoms with Crippen molar-refractivity contribution < 1.29 is 27.8 Å². The zero-order chi connectivity index (χ0) is 28.2. The van der Waals surface area contributed by atoms with Crippen LogP contribution in [0.3, 0.4) is 0 Å². The Labute approximate surface area is 236 Å². The van der Waals surface area contributed by atoms with Crippen LogP contribution in [0, 0.1) is 23.5 Å². The highest BCUT2D eigenvalue weighted by molar-refractivity contribution is 5.98. The van der Waals surface area contributed by atoms with Crippen LogP contribution in [0.5, 0.6) is 0 Å². The third kappa shape index (κ3) is 9.54. The number of carbonyl (C=O) groups is 2. The summed E-state index contributed by atoms with van der Waals surface area (Å²) in [5.41, 5.74) is 1.12. The molecule has 2 fully saturated rings. The molecule has 0 saturated carbocycles. The van der Waals surface area contributed by atoms with Gasteiger partial charge in [-0.05, 0) is 61.4 Å². The second kappa shape index (κ2) is 16.1. The summed E-state index contributed by atoms with van der Waals surface area (Å²) < 4.78 is 37.8. The number of Topliss-reactive ketones (excluding diaryl/α,β-unsaturated/α-hetero) is 2. The smallest absolute Gasteiger partial charge is 0.167 e. The van der Waals surface area contributed by atoms with Crippen molar-refractivity contribution in [2.75, 3.05) is 65.7 Å². The highest BCUT2D eigenvalue weighted by Crippen LogP contribution is 2.22. The molecule has 0 radical (unpaired) electrons. The first-order valence-electron chi connectivity index (χ1n) is 14.7. The molecule has 0 unspecified atom stereocenters. The lowest BCUT2D eigenvalue weighted by molar-refractivity contribution is 0.0291. The lowest BCUT2D eigenvalue weighted by Crippen LogP contribution is -2.41. The fourth-order valence-corrected chi connectivity index (χ4v) is 5.64. The Kier molecular flexibility index (Phi) is 12.2. The van der Waals surface area contributed by atoms with Gasteiger partial charge in [0.05, 0.1) is 26.4 Å². The van der Waals surface area contributed by atoms with Gasteiger partial charge in [-0.25, -0.2) is 8.78 Å². The van der Waals surface area contributed by atoms with E-state index in [1.165, 1.54) is 24.3 Å². The van der Waals surface area contributed by atoms with Gasteiger partial charge in [0.1, 0.15) is 11.6 Å². The third-order valence-corrected chi connectivity index (χ3v) is 8.02. The van der Waals surface area contributed by atoms with Crippen LogP contribution >= 0.6 is 0 Å². The van der Waals surface area contributed by atoms with Crippen molar-refractivity contribution in [1.29, 1.82) is 0 Å². The molecule has 40 heavy (non-hydrogen) atoms. The first-order valence-corrected chi connectivity index (χ1v) is 14.7. The third-order valence-electron chi connectivity index (χ3n) is 8.02. The molecule has 6 nitrogen and oxygen atoms in total. The van der Waals surface area contributed by atoms with Crippen LogP contribution in [0.25, 0.3) is 0 Å². The van der Waals surface area contributed by atoms with Crippen LogP contribution in [-0.2, 0) is 9.47 Å². The van der Waals surface area contributed by atoms with Crippen LogP contribution in [-0.4, -0.2) is 87.1 Å². The van der Waals surface area contributed by atoms with Crippen LogP contribution < -0.4 is 0 Å². The molecule has 2 aromatic rings. The fourth-order valence-electron chi connectivity index (χ4n) is 5.64. The summed E-state index contributed by atoms with van der Waals surface area (Å²) >= 11 is 0. The second-order valence-corrected chi connectivity index (χ2v) is 11.0. The Hall–Kier alpha value is -2.52. The van der Waals surface area contributed by atoms with E-state index in [0.717, 1.165) is 64.7 Å². The standard InChI is InChI=1S/C32H42F2N2O4/c33-29-11-7-25(8-12-29)31(37)27(23-35-15-19-39-20-16-35)5-3-1-2-4-6-28(24-36-17-21-40-22-18-36)32(38)26-9-13-30(34)14-10-26/h7-14,27-28H,1-6,15-24H2/t27-,28-/m1/s1. The molecule has 0 N–H and O–H groups in total. The Bertz CT molecular complexity index is 966. The summed E-state index contributed by atoms with van der Waals surface area (Å²) in [7, 11) is 0. The zero-order valence-corrected chi connectivity index (χ0v) is 23.4. The number of hydrogen-bond donors (Lipinski definition) is 0. The van der Waals surface area contributed by atoms with Crippen LogP contribution in [0.1, 0.15) is 59.2 Å². The summed E-state index contributed by atoms with van der Waals surface area (Å²) in [5.74, 6) is -0.823. The molecule has 2 aliphatic rings. The minimum absolute atomic E-state index is 0.0713. The largest absolute Gasteiger partial charge is 0.379 e. The lowest BCUT2D eigenvalue weighted by atomic mass is 9.89. The number of halogens is 2. The van der Waals surface area contributed by atoms with E-state index in [-0.39, 0.29) is 35.0 Å². The number of hydrogen-bond acceptors (Lipinski definition) is 6. The summed E-state index contributed by atoms with van der Waals surface area (Å²) in [6.07, 6.45) is 5.35. The van der Waals surface area contributed by atoms with Gasteiger partial charge in [-0.1, -0.05) is 25.7 Å². The summed E-state index contributed by atoms with van der Waals surface area (Å²) in [6.45, 7) is 7.37. The Morgan fingerprint density at radius 2 is 0.950 bits per heavy atom. The van der Waals surface area contributed by atoms with Crippen LogP contribution in [0.2, 0.25) is 0 Å². The molecular weight excluding hydrogens is 514 g/mol. The van der Waals surface area contributed by atoms with Crippen molar-refractivity contribution in [3.8, 4) is 0 Å². The SMILES string of the molecule is O=C(c1ccc(F)cc1)[C@H](CCCCCC[C@H](CN1CCOCC1)C(=O)c1ccc(F)cc1)CN1CCOCC1. The molecule has 2 atom stereocenters. The minimum Gasteiger partial charge on any atom is -0.379 e. The van der Waals surface area contributed by atoms with Gasteiger partial charge in [0.15, 0.2) is 11.6 Å². The summed E-state index contributed by atoms with van der Waals surface area (Å²) in [5, 5.41) is 0. The van der Waals surface area contributed by atoms with Gasteiger partial charge in [-0.2, -0.15) is 0 Å². The maximum Gasteiger partial charge on any atom is 0.167 e. The van der Waals surface area contributed by atoms with E-state index >= 15 is 0 Å². The molecule has 0 spiro atoms. The Balaban J connectivity index is 1.28. The van der Waals surface area contributed by atoms with Crippen molar-refractivity contribution in [3.05, 3.63) is 71.3 Å². The van der Waals surface area contributed by atoms with Gasteiger partial charge < -0.3 is 9.47 Å². The van der Waals surface area contributed by atoms with E-state index in [0.29, 0.717) is 50.6 Å². The predicted molar refractivity (Wildman–Crippen MR) is 151 cm³/mol.